The minimum Gasteiger partial charge on any atom is -0.294 e. The second-order valence-corrected chi connectivity index (χ2v) is 7.28. The Morgan fingerprint density at radius 3 is 2.24 bits per heavy atom. The van der Waals surface area contributed by atoms with E-state index in [2.05, 4.69) is 61.0 Å². The summed E-state index contributed by atoms with van der Waals surface area (Å²) in [7, 11) is 0. The monoisotopic (exact) mass is 344 g/mol. The molecule has 110 valence electrons. The second-order valence-electron chi connectivity index (χ2n) is 6.48. The maximum absolute atomic E-state index is 12.4. The van der Waals surface area contributed by atoms with Crippen LogP contribution in [0, 0.1) is 6.92 Å². The van der Waals surface area contributed by atoms with Gasteiger partial charge in [0.25, 0.3) is 0 Å². The van der Waals surface area contributed by atoms with Crippen LogP contribution in [0.25, 0.3) is 0 Å². The molecule has 2 rings (SSSR count). The van der Waals surface area contributed by atoms with E-state index in [0.29, 0.717) is 6.42 Å². The zero-order valence-electron chi connectivity index (χ0n) is 13.0. The van der Waals surface area contributed by atoms with Crippen LogP contribution >= 0.6 is 15.9 Å². The van der Waals surface area contributed by atoms with E-state index in [1.54, 1.807) is 0 Å². The van der Waals surface area contributed by atoms with Crippen molar-refractivity contribution < 1.29 is 4.79 Å². The van der Waals surface area contributed by atoms with Crippen molar-refractivity contribution >= 4 is 21.7 Å². The van der Waals surface area contributed by atoms with Gasteiger partial charge in [0.1, 0.15) is 0 Å². The molecule has 2 aromatic carbocycles. The molecular weight excluding hydrogens is 324 g/mol. The molecule has 0 atom stereocenters. The van der Waals surface area contributed by atoms with E-state index in [-0.39, 0.29) is 11.2 Å². The molecule has 0 aromatic heterocycles. The van der Waals surface area contributed by atoms with Crippen LogP contribution in [0.4, 0.5) is 0 Å². The molecular formula is C19H21BrO. The van der Waals surface area contributed by atoms with E-state index in [4.69, 9.17) is 0 Å². The first kappa shape index (κ1) is 16.0. The van der Waals surface area contributed by atoms with Gasteiger partial charge >= 0.3 is 0 Å². The third kappa shape index (κ3) is 3.82. The smallest absolute Gasteiger partial charge is 0.168 e. The molecule has 2 heteroatoms. The topological polar surface area (TPSA) is 17.1 Å². The number of hydrogen-bond donors (Lipinski definition) is 0. The molecule has 2 aromatic rings. The van der Waals surface area contributed by atoms with Crippen LogP contribution in [-0.4, -0.2) is 5.78 Å². The maximum atomic E-state index is 12.4. The number of carbonyl (C=O) groups excluding carboxylic acids is 1. The number of carbonyl (C=O) groups is 1. The Kier molecular flexibility index (Phi) is 4.67. The van der Waals surface area contributed by atoms with Gasteiger partial charge in [0.2, 0.25) is 0 Å². The highest BCUT2D eigenvalue weighted by atomic mass is 79.9. The Bertz CT molecular complexity index is 648. The first-order valence-electron chi connectivity index (χ1n) is 7.17. The summed E-state index contributed by atoms with van der Waals surface area (Å²) in [6.07, 6.45) is 0.437. The standard InChI is InChI=1S/C19H21BrO/c1-13-6-5-7-16(18(13)20)17(21)12-14-8-10-15(11-9-14)19(2,3)4/h5-11H,12H2,1-4H3. The molecule has 0 aliphatic rings. The van der Waals surface area contributed by atoms with Crippen LogP contribution in [0.3, 0.4) is 0 Å². The highest BCUT2D eigenvalue weighted by molar-refractivity contribution is 9.10. The van der Waals surface area contributed by atoms with Crippen molar-refractivity contribution in [2.45, 2.75) is 39.5 Å². The molecule has 0 aliphatic carbocycles. The molecule has 0 saturated heterocycles. The summed E-state index contributed by atoms with van der Waals surface area (Å²) < 4.78 is 0.904. The van der Waals surface area contributed by atoms with Crippen molar-refractivity contribution in [2.24, 2.45) is 0 Å². The molecule has 21 heavy (non-hydrogen) atoms. The Labute approximate surface area is 135 Å². The molecule has 0 unspecified atom stereocenters. The molecule has 0 spiro atoms. The van der Waals surface area contributed by atoms with Crippen LogP contribution in [0.15, 0.2) is 46.9 Å². The lowest BCUT2D eigenvalue weighted by molar-refractivity contribution is 0.0992. The SMILES string of the molecule is Cc1cccc(C(=O)Cc2ccc(C(C)(C)C)cc2)c1Br. The summed E-state index contributed by atoms with van der Waals surface area (Å²) in [4.78, 5) is 12.4. The first-order chi connectivity index (χ1) is 9.79. The lowest BCUT2D eigenvalue weighted by atomic mass is 9.86. The van der Waals surface area contributed by atoms with E-state index >= 15 is 0 Å². The lowest BCUT2D eigenvalue weighted by Gasteiger charge is -2.19. The fourth-order valence-corrected chi connectivity index (χ4v) is 2.75. The van der Waals surface area contributed by atoms with Crippen molar-refractivity contribution in [3.63, 3.8) is 0 Å². The van der Waals surface area contributed by atoms with Gasteiger partial charge in [0, 0.05) is 16.5 Å². The van der Waals surface area contributed by atoms with Crippen molar-refractivity contribution in [3.05, 3.63) is 69.2 Å². The fourth-order valence-electron chi connectivity index (χ4n) is 2.27. The number of ketones is 1. The Hall–Kier alpha value is -1.41. The first-order valence-corrected chi connectivity index (χ1v) is 7.96. The van der Waals surface area contributed by atoms with Gasteiger partial charge in [-0.05, 0) is 45.0 Å². The van der Waals surface area contributed by atoms with Crippen molar-refractivity contribution in [1.82, 2.24) is 0 Å². The van der Waals surface area contributed by atoms with Crippen LogP contribution < -0.4 is 0 Å². The molecule has 0 fully saturated rings. The van der Waals surface area contributed by atoms with E-state index in [0.717, 1.165) is 21.2 Å². The van der Waals surface area contributed by atoms with Gasteiger partial charge in [-0.3, -0.25) is 4.79 Å². The summed E-state index contributed by atoms with van der Waals surface area (Å²) in [5, 5.41) is 0. The summed E-state index contributed by atoms with van der Waals surface area (Å²) in [6.45, 7) is 8.57. The second kappa shape index (κ2) is 6.15. The normalized spacial score (nSPS) is 11.5. The largest absolute Gasteiger partial charge is 0.294 e. The van der Waals surface area contributed by atoms with Crippen molar-refractivity contribution in [2.75, 3.05) is 0 Å². The van der Waals surface area contributed by atoms with E-state index < -0.39 is 0 Å². The zero-order valence-corrected chi connectivity index (χ0v) is 14.6. The third-order valence-corrected chi connectivity index (χ3v) is 4.73. The van der Waals surface area contributed by atoms with Gasteiger partial charge in [-0.1, -0.05) is 63.2 Å². The minimum atomic E-state index is 0.141. The van der Waals surface area contributed by atoms with Gasteiger partial charge in [0.05, 0.1) is 0 Å². The summed E-state index contributed by atoms with van der Waals surface area (Å²) >= 11 is 3.51. The molecule has 0 bridgehead atoms. The van der Waals surface area contributed by atoms with Gasteiger partial charge in [-0.15, -0.1) is 0 Å². The average molecular weight is 345 g/mol. The number of rotatable bonds is 3. The highest BCUT2D eigenvalue weighted by Gasteiger charge is 2.15. The number of hydrogen-bond acceptors (Lipinski definition) is 1. The maximum Gasteiger partial charge on any atom is 0.168 e. The average Bonchev–Trinajstić information content (AvgIpc) is 2.41. The molecule has 0 radical (unpaired) electrons. The third-order valence-electron chi connectivity index (χ3n) is 3.68. The molecule has 0 heterocycles. The molecule has 0 saturated carbocycles. The number of Topliss-reactive ketones (excluding diaryl/α,β-unsaturated/α-hetero) is 1. The predicted octanol–water partition coefficient (Wildman–Crippen LogP) is 5.48. The van der Waals surface area contributed by atoms with Crippen molar-refractivity contribution in [1.29, 1.82) is 0 Å². The van der Waals surface area contributed by atoms with Crippen molar-refractivity contribution in [3.8, 4) is 0 Å². The van der Waals surface area contributed by atoms with E-state index in [9.17, 15) is 4.79 Å². The van der Waals surface area contributed by atoms with Crippen LogP contribution in [0.1, 0.15) is 47.8 Å². The zero-order chi connectivity index (χ0) is 15.6. The molecule has 1 nitrogen and oxygen atoms in total. The predicted molar refractivity (Wildman–Crippen MR) is 92.1 cm³/mol. The van der Waals surface area contributed by atoms with Gasteiger partial charge in [0.15, 0.2) is 5.78 Å². The molecule has 0 amide bonds. The number of halogens is 1. The number of aryl methyl sites for hydroxylation is 1. The molecule has 0 aliphatic heterocycles. The summed E-state index contributed by atoms with van der Waals surface area (Å²) in [5.74, 6) is 0.147. The van der Waals surface area contributed by atoms with Gasteiger partial charge in [-0.25, -0.2) is 0 Å². The van der Waals surface area contributed by atoms with Gasteiger partial charge in [-0.2, -0.15) is 0 Å². The molecule has 0 N–H and O–H groups in total. The highest BCUT2D eigenvalue weighted by Crippen LogP contribution is 2.24. The van der Waals surface area contributed by atoms with Crippen LogP contribution in [0.2, 0.25) is 0 Å². The quantitative estimate of drug-likeness (QED) is 0.673. The minimum absolute atomic E-state index is 0.141. The fraction of sp³-hybridized carbons (Fsp3) is 0.316. The van der Waals surface area contributed by atoms with Crippen LogP contribution in [0.5, 0.6) is 0 Å². The lowest BCUT2D eigenvalue weighted by Crippen LogP contribution is -2.11. The van der Waals surface area contributed by atoms with Gasteiger partial charge < -0.3 is 0 Å². The summed E-state index contributed by atoms with van der Waals surface area (Å²) in [6, 6.07) is 14.2. The Morgan fingerprint density at radius 1 is 1.05 bits per heavy atom. The Balaban J connectivity index is 2.18. The number of benzene rings is 2. The van der Waals surface area contributed by atoms with E-state index in [1.165, 1.54) is 5.56 Å². The van der Waals surface area contributed by atoms with Crippen LogP contribution in [-0.2, 0) is 11.8 Å². The van der Waals surface area contributed by atoms with E-state index in [1.807, 2.05) is 25.1 Å². The Morgan fingerprint density at radius 2 is 1.67 bits per heavy atom. The summed E-state index contributed by atoms with van der Waals surface area (Å²) in [5.41, 5.74) is 4.33.